The van der Waals surface area contributed by atoms with E-state index in [1.165, 1.54) is 24.3 Å². The van der Waals surface area contributed by atoms with Gasteiger partial charge in [-0.05, 0) is 24.3 Å². The first-order valence-corrected chi connectivity index (χ1v) is 7.37. The molecule has 0 aliphatic rings. The SMILES string of the molecule is Cn1c2ccc(S(=O)(=O)O)cc2c2ccc([N+](=O)[O-])cc21. The van der Waals surface area contributed by atoms with E-state index in [4.69, 9.17) is 4.55 Å². The molecule has 0 unspecified atom stereocenters. The van der Waals surface area contributed by atoms with Gasteiger partial charge in [-0.25, -0.2) is 0 Å². The van der Waals surface area contributed by atoms with Gasteiger partial charge >= 0.3 is 0 Å². The maximum absolute atomic E-state index is 11.2. The van der Waals surface area contributed by atoms with Crippen molar-refractivity contribution in [1.82, 2.24) is 4.57 Å². The zero-order valence-corrected chi connectivity index (χ0v) is 11.7. The van der Waals surface area contributed by atoms with Gasteiger partial charge < -0.3 is 4.57 Å². The van der Waals surface area contributed by atoms with E-state index in [9.17, 15) is 18.5 Å². The van der Waals surface area contributed by atoms with Crippen molar-refractivity contribution >= 4 is 37.6 Å². The molecule has 0 bridgehead atoms. The molecule has 0 spiro atoms. The summed E-state index contributed by atoms with van der Waals surface area (Å²) >= 11 is 0. The fourth-order valence-electron chi connectivity index (χ4n) is 2.45. The Morgan fingerprint density at radius 3 is 2.43 bits per heavy atom. The minimum absolute atomic E-state index is 0.0385. The lowest BCUT2D eigenvalue weighted by Gasteiger charge is -1.99. The number of nitro groups is 1. The number of fused-ring (bicyclic) bond motifs is 3. The van der Waals surface area contributed by atoms with Gasteiger partial charge in [0.2, 0.25) is 0 Å². The zero-order valence-electron chi connectivity index (χ0n) is 10.8. The second-order valence-electron chi connectivity index (χ2n) is 4.67. The Labute approximate surface area is 119 Å². The number of non-ortho nitro benzene ring substituents is 1. The second kappa shape index (κ2) is 4.27. The molecule has 2 aromatic carbocycles. The lowest BCUT2D eigenvalue weighted by Crippen LogP contribution is -1.97. The Hall–Kier alpha value is -2.45. The lowest BCUT2D eigenvalue weighted by molar-refractivity contribution is -0.384. The van der Waals surface area contributed by atoms with Crippen LogP contribution in [0.2, 0.25) is 0 Å². The monoisotopic (exact) mass is 306 g/mol. The summed E-state index contributed by atoms with van der Waals surface area (Å²) < 4.78 is 33.3. The Balaban J connectivity index is 2.43. The molecule has 1 N–H and O–H groups in total. The van der Waals surface area contributed by atoms with Crippen molar-refractivity contribution in [3.05, 3.63) is 46.5 Å². The summed E-state index contributed by atoms with van der Waals surface area (Å²) in [4.78, 5) is 10.1. The van der Waals surface area contributed by atoms with Gasteiger partial charge in [-0.2, -0.15) is 8.42 Å². The van der Waals surface area contributed by atoms with Gasteiger partial charge in [-0.15, -0.1) is 0 Å². The molecule has 1 heterocycles. The first kappa shape index (κ1) is 13.5. The zero-order chi connectivity index (χ0) is 15.4. The van der Waals surface area contributed by atoms with Crippen LogP contribution in [0.15, 0.2) is 41.3 Å². The lowest BCUT2D eigenvalue weighted by atomic mass is 10.1. The summed E-state index contributed by atoms with van der Waals surface area (Å²) in [5, 5.41) is 12.1. The molecule has 0 aliphatic carbocycles. The average molecular weight is 306 g/mol. The molecule has 21 heavy (non-hydrogen) atoms. The molecule has 7 nitrogen and oxygen atoms in total. The van der Waals surface area contributed by atoms with E-state index >= 15 is 0 Å². The van der Waals surface area contributed by atoms with Crippen molar-refractivity contribution in [2.75, 3.05) is 0 Å². The van der Waals surface area contributed by atoms with Gasteiger partial charge in [0.25, 0.3) is 15.8 Å². The highest BCUT2D eigenvalue weighted by Crippen LogP contribution is 2.32. The number of rotatable bonds is 2. The van der Waals surface area contributed by atoms with Crippen LogP contribution in [0.1, 0.15) is 0 Å². The Morgan fingerprint density at radius 2 is 1.81 bits per heavy atom. The molecule has 0 radical (unpaired) electrons. The maximum Gasteiger partial charge on any atom is 0.294 e. The van der Waals surface area contributed by atoms with E-state index in [0.717, 1.165) is 5.52 Å². The smallest absolute Gasteiger partial charge is 0.294 e. The quantitative estimate of drug-likeness (QED) is 0.445. The molecule has 3 aromatic rings. The van der Waals surface area contributed by atoms with Gasteiger partial charge in [0, 0.05) is 35.5 Å². The van der Waals surface area contributed by atoms with E-state index in [-0.39, 0.29) is 10.6 Å². The highest BCUT2D eigenvalue weighted by Gasteiger charge is 2.16. The van der Waals surface area contributed by atoms with Crippen molar-refractivity contribution in [2.24, 2.45) is 7.05 Å². The predicted molar refractivity (Wildman–Crippen MR) is 76.9 cm³/mol. The van der Waals surface area contributed by atoms with Crippen LogP contribution < -0.4 is 0 Å². The largest absolute Gasteiger partial charge is 0.343 e. The number of hydrogen-bond acceptors (Lipinski definition) is 4. The fraction of sp³-hybridized carbons (Fsp3) is 0.0769. The molecule has 1 aromatic heterocycles. The molecule has 108 valence electrons. The van der Waals surface area contributed by atoms with Crippen LogP contribution in [0, 0.1) is 10.1 Å². The average Bonchev–Trinajstić information content (AvgIpc) is 2.70. The van der Waals surface area contributed by atoms with Crippen LogP contribution >= 0.6 is 0 Å². The molecule has 0 fully saturated rings. The van der Waals surface area contributed by atoms with Gasteiger partial charge in [0.1, 0.15) is 0 Å². The molecule has 0 atom stereocenters. The van der Waals surface area contributed by atoms with E-state index in [0.29, 0.717) is 16.3 Å². The molecular weight excluding hydrogens is 296 g/mol. The third-order valence-electron chi connectivity index (χ3n) is 3.47. The third-order valence-corrected chi connectivity index (χ3v) is 4.32. The highest BCUT2D eigenvalue weighted by molar-refractivity contribution is 7.85. The summed E-state index contributed by atoms with van der Waals surface area (Å²) in [5.41, 5.74) is 1.30. The molecule has 0 amide bonds. The van der Waals surface area contributed by atoms with Crippen molar-refractivity contribution in [3.63, 3.8) is 0 Å². The van der Waals surface area contributed by atoms with Crippen molar-refractivity contribution < 1.29 is 17.9 Å². The van der Waals surface area contributed by atoms with Crippen molar-refractivity contribution in [2.45, 2.75) is 4.90 Å². The Bertz CT molecular complexity index is 1000. The van der Waals surface area contributed by atoms with Gasteiger partial charge in [-0.3, -0.25) is 14.7 Å². The van der Waals surface area contributed by atoms with Crippen LogP contribution in [-0.4, -0.2) is 22.5 Å². The number of hydrogen-bond donors (Lipinski definition) is 1. The summed E-state index contributed by atoms with van der Waals surface area (Å²) in [6.07, 6.45) is 0. The van der Waals surface area contributed by atoms with Crippen molar-refractivity contribution in [1.29, 1.82) is 0 Å². The summed E-state index contributed by atoms with van der Waals surface area (Å²) in [6.45, 7) is 0. The Kier molecular flexibility index (Phi) is 2.75. The van der Waals surface area contributed by atoms with Crippen LogP contribution in [0.4, 0.5) is 5.69 Å². The van der Waals surface area contributed by atoms with Crippen LogP contribution in [0.25, 0.3) is 21.8 Å². The Morgan fingerprint density at radius 1 is 1.10 bits per heavy atom. The number of aromatic nitrogens is 1. The second-order valence-corrected chi connectivity index (χ2v) is 6.09. The predicted octanol–water partition coefficient (Wildman–Crippen LogP) is 2.49. The third kappa shape index (κ3) is 2.05. The topological polar surface area (TPSA) is 102 Å². The van der Waals surface area contributed by atoms with E-state index in [2.05, 4.69) is 0 Å². The molecule has 0 aliphatic heterocycles. The van der Waals surface area contributed by atoms with Crippen LogP contribution in [0.3, 0.4) is 0 Å². The van der Waals surface area contributed by atoms with Crippen LogP contribution in [0.5, 0.6) is 0 Å². The van der Waals surface area contributed by atoms with E-state index < -0.39 is 15.0 Å². The summed E-state index contributed by atoms with van der Waals surface area (Å²) in [6, 6.07) is 8.59. The highest BCUT2D eigenvalue weighted by atomic mass is 32.2. The fourth-order valence-corrected chi connectivity index (χ4v) is 2.96. The first-order chi connectivity index (χ1) is 9.79. The van der Waals surface area contributed by atoms with E-state index in [1.54, 1.807) is 23.7 Å². The summed E-state index contributed by atoms with van der Waals surface area (Å²) in [5.74, 6) is 0. The molecule has 0 saturated carbocycles. The number of nitrogens with zero attached hydrogens (tertiary/aromatic N) is 2. The number of nitro benzene ring substituents is 1. The van der Waals surface area contributed by atoms with Crippen molar-refractivity contribution in [3.8, 4) is 0 Å². The molecular formula is C13H10N2O5S. The number of aryl methyl sites for hydroxylation is 1. The summed E-state index contributed by atoms with van der Waals surface area (Å²) in [7, 11) is -2.56. The van der Waals surface area contributed by atoms with E-state index in [1.807, 2.05) is 0 Å². The number of benzene rings is 2. The minimum atomic E-state index is -4.29. The molecule has 3 rings (SSSR count). The first-order valence-electron chi connectivity index (χ1n) is 5.93. The molecule has 0 saturated heterocycles. The van der Waals surface area contributed by atoms with Gasteiger partial charge in [0.15, 0.2) is 0 Å². The van der Waals surface area contributed by atoms with Gasteiger partial charge in [0.05, 0.1) is 15.3 Å². The normalized spacial score (nSPS) is 12.1. The maximum atomic E-state index is 11.2. The molecule has 8 heteroatoms. The van der Waals surface area contributed by atoms with Crippen LogP contribution in [-0.2, 0) is 17.2 Å². The minimum Gasteiger partial charge on any atom is -0.343 e. The standard InChI is InChI=1S/C13H10N2O5S/c1-14-12-5-3-9(21(18,19)20)7-11(12)10-4-2-8(15(16)17)6-13(10)14/h2-7H,1H3,(H,18,19,20). The van der Waals surface area contributed by atoms with Gasteiger partial charge in [-0.1, -0.05) is 0 Å².